The summed E-state index contributed by atoms with van der Waals surface area (Å²) >= 11 is 0. The zero-order valence-corrected chi connectivity index (χ0v) is 22.0. The first-order valence-corrected chi connectivity index (χ1v) is 13.9. The van der Waals surface area contributed by atoms with Crippen LogP contribution in [0.5, 0.6) is 0 Å². The lowest BCUT2D eigenvalue weighted by atomic mass is 9.75. The third-order valence-electron chi connectivity index (χ3n) is 9.27. The number of likely N-dealkylation sites (tertiary alicyclic amines) is 3. The number of nitrogens with zero attached hydrogens (tertiary/aromatic N) is 5. The molecule has 4 fully saturated rings. The highest BCUT2D eigenvalue weighted by Gasteiger charge is 2.51. The van der Waals surface area contributed by atoms with E-state index in [1.165, 1.54) is 18.6 Å². The number of piperidine rings is 2. The topological polar surface area (TPSA) is 50.3 Å². The van der Waals surface area contributed by atoms with E-state index in [1.54, 1.807) is 0 Å². The Morgan fingerprint density at radius 3 is 2.31 bits per heavy atom. The zero-order chi connectivity index (χ0) is 25.3. The van der Waals surface area contributed by atoms with Crippen molar-refractivity contribution in [1.29, 1.82) is 0 Å². The van der Waals surface area contributed by atoms with Crippen LogP contribution < -0.4 is 4.90 Å². The first-order chi connectivity index (χ1) is 17.4. The second kappa shape index (κ2) is 10.6. The van der Waals surface area contributed by atoms with Crippen molar-refractivity contribution in [2.24, 2.45) is 5.41 Å². The monoisotopic (exact) mass is 499 g/mol. The largest absolute Gasteiger partial charge is 0.369 e. The van der Waals surface area contributed by atoms with E-state index in [0.717, 1.165) is 83.5 Å². The second-order valence-corrected chi connectivity index (χ2v) is 11.5. The van der Waals surface area contributed by atoms with E-state index in [2.05, 4.69) is 16.7 Å². The van der Waals surface area contributed by atoms with Crippen LogP contribution in [0, 0.1) is 11.2 Å². The maximum Gasteiger partial charge on any atom is 0.319 e. The molecule has 36 heavy (non-hydrogen) atoms. The number of benzene rings is 1. The van der Waals surface area contributed by atoms with Gasteiger partial charge in [0, 0.05) is 77.2 Å². The SMILES string of the molecule is C[C@H]1CN(c2ccc(F)cc2)CCN1CC[C@H]1CC2(CCN(C(=O)N3CCCCC3)CC2)C(=O)N1C. The third kappa shape index (κ3) is 5.06. The molecule has 1 spiro atoms. The first kappa shape index (κ1) is 25.3. The number of anilines is 1. The molecule has 0 N–H and O–H groups in total. The minimum Gasteiger partial charge on any atom is -0.369 e. The van der Waals surface area contributed by atoms with E-state index < -0.39 is 0 Å². The van der Waals surface area contributed by atoms with Crippen molar-refractivity contribution in [2.75, 3.05) is 64.3 Å². The van der Waals surface area contributed by atoms with Crippen molar-refractivity contribution in [3.63, 3.8) is 0 Å². The number of rotatable bonds is 4. The zero-order valence-electron chi connectivity index (χ0n) is 22.0. The van der Waals surface area contributed by atoms with Gasteiger partial charge in [-0.25, -0.2) is 9.18 Å². The van der Waals surface area contributed by atoms with Crippen LogP contribution in [-0.4, -0.2) is 103 Å². The van der Waals surface area contributed by atoms with Crippen LogP contribution in [0.25, 0.3) is 0 Å². The van der Waals surface area contributed by atoms with Gasteiger partial charge in [-0.3, -0.25) is 9.69 Å². The average molecular weight is 500 g/mol. The van der Waals surface area contributed by atoms with Gasteiger partial charge in [0.05, 0.1) is 5.41 Å². The Morgan fingerprint density at radius 1 is 0.972 bits per heavy atom. The number of hydrogen-bond donors (Lipinski definition) is 0. The van der Waals surface area contributed by atoms with E-state index >= 15 is 0 Å². The molecule has 4 saturated heterocycles. The molecule has 0 saturated carbocycles. The maximum atomic E-state index is 13.4. The Labute approximate surface area is 215 Å². The Hall–Kier alpha value is -2.35. The summed E-state index contributed by atoms with van der Waals surface area (Å²) in [5.74, 6) is 0.0875. The van der Waals surface area contributed by atoms with Crippen molar-refractivity contribution >= 4 is 17.6 Å². The van der Waals surface area contributed by atoms with Gasteiger partial charge in [0.15, 0.2) is 0 Å². The molecule has 3 amide bonds. The number of amides is 3. The maximum absolute atomic E-state index is 13.4. The van der Waals surface area contributed by atoms with E-state index in [1.807, 2.05) is 33.9 Å². The van der Waals surface area contributed by atoms with Gasteiger partial charge < -0.3 is 19.6 Å². The van der Waals surface area contributed by atoms with Crippen LogP contribution >= 0.6 is 0 Å². The van der Waals surface area contributed by atoms with Crippen molar-refractivity contribution < 1.29 is 14.0 Å². The molecule has 2 atom stereocenters. The second-order valence-electron chi connectivity index (χ2n) is 11.5. The molecule has 8 heteroatoms. The Kier molecular flexibility index (Phi) is 7.42. The van der Waals surface area contributed by atoms with Crippen LogP contribution in [0.3, 0.4) is 0 Å². The van der Waals surface area contributed by atoms with Gasteiger partial charge in [-0.1, -0.05) is 0 Å². The van der Waals surface area contributed by atoms with E-state index in [0.29, 0.717) is 19.1 Å². The molecule has 4 aliphatic heterocycles. The highest BCUT2D eigenvalue weighted by atomic mass is 19.1. The molecule has 0 unspecified atom stereocenters. The molecule has 1 aromatic carbocycles. The predicted molar refractivity (Wildman–Crippen MR) is 139 cm³/mol. The van der Waals surface area contributed by atoms with Crippen LogP contribution in [-0.2, 0) is 4.79 Å². The lowest BCUT2D eigenvalue weighted by molar-refractivity contribution is -0.137. The molecule has 4 aliphatic rings. The average Bonchev–Trinajstić information content (AvgIpc) is 3.13. The summed E-state index contributed by atoms with van der Waals surface area (Å²) in [6.07, 6.45) is 6.91. The van der Waals surface area contributed by atoms with Gasteiger partial charge in [-0.05, 0) is 76.1 Å². The van der Waals surface area contributed by atoms with E-state index in [9.17, 15) is 14.0 Å². The van der Waals surface area contributed by atoms with Crippen LogP contribution in [0.4, 0.5) is 14.9 Å². The molecule has 0 bridgehead atoms. The highest BCUT2D eigenvalue weighted by molar-refractivity contribution is 5.85. The fraction of sp³-hybridized carbons (Fsp3) is 0.714. The van der Waals surface area contributed by atoms with Crippen molar-refractivity contribution in [1.82, 2.24) is 19.6 Å². The smallest absolute Gasteiger partial charge is 0.319 e. The standard InChI is InChI=1S/C28H42FN5O2/c1-22-21-34(24-8-6-23(29)7-9-24)19-18-31(22)15-10-25-20-28(26(35)30(25)2)11-16-33(17-12-28)27(36)32-13-4-3-5-14-32/h6-9,22,25H,3-5,10-21H2,1-2H3/t22-,25-/m0/s1. The molecule has 0 aliphatic carbocycles. The summed E-state index contributed by atoms with van der Waals surface area (Å²) in [5, 5.41) is 0. The molecule has 7 nitrogen and oxygen atoms in total. The third-order valence-corrected chi connectivity index (χ3v) is 9.27. The minimum atomic E-state index is -0.287. The fourth-order valence-corrected chi connectivity index (χ4v) is 6.87. The number of carbonyl (C=O) groups excluding carboxylic acids is 2. The van der Waals surface area contributed by atoms with Gasteiger partial charge in [-0.2, -0.15) is 0 Å². The lowest BCUT2D eigenvalue weighted by Gasteiger charge is -2.41. The summed E-state index contributed by atoms with van der Waals surface area (Å²) in [6.45, 7) is 9.22. The normalized spacial score (nSPS) is 27.2. The summed E-state index contributed by atoms with van der Waals surface area (Å²) in [7, 11) is 1.98. The molecule has 4 heterocycles. The Morgan fingerprint density at radius 2 is 1.64 bits per heavy atom. The molecule has 198 valence electrons. The van der Waals surface area contributed by atoms with Crippen LogP contribution in [0.2, 0.25) is 0 Å². The molecule has 0 radical (unpaired) electrons. The van der Waals surface area contributed by atoms with Crippen molar-refractivity contribution in [3.8, 4) is 0 Å². The van der Waals surface area contributed by atoms with Gasteiger partial charge in [0.2, 0.25) is 5.91 Å². The van der Waals surface area contributed by atoms with Crippen LogP contribution in [0.1, 0.15) is 51.9 Å². The minimum absolute atomic E-state index is 0.175. The summed E-state index contributed by atoms with van der Waals surface area (Å²) < 4.78 is 13.3. The van der Waals surface area contributed by atoms with E-state index in [4.69, 9.17) is 0 Å². The lowest BCUT2D eigenvalue weighted by Crippen LogP contribution is -2.52. The van der Waals surface area contributed by atoms with Crippen LogP contribution in [0.15, 0.2) is 24.3 Å². The predicted octanol–water partition coefficient (Wildman–Crippen LogP) is 3.65. The van der Waals surface area contributed by atoms with E-state index in [-0.39, 0.29) is 29.2 Å². The highest BCUT2D eigenvalue weighted by Crippen LogP contribution is 2.45. The molecule has 5 rings (SSSR count). The fourth-order valence-electron chi connectivity index (χ4n) is 6.87. The van der Waals surface area contributed by atoms with Gasteiger partial charge >= 0.3 is 6.03 Å². The molecule has 1 aromatic rings. The number of urea groups is 1. The Balaban J connectivity index is 1.11. The molecular formula is C28H42FN5O2. The Bertz CT molecular complexity index is 926. The number of hydrogen-bond acceptors (Lipinski definition) is 4. The molecule has 0 aromatic heterocycles. The summed E-state index contributed by atoms with van der Waals surface area (Å²) in [6, 6.07) is 7.64. The quantitative estimate of drug-likeness (QED) is 0.635. The van der Waals surface area contributed by atoms with Gasteiger partial charge in [0.1, 0.15) is 5.82 Å². The first-order valence-electron chi connectivity index (χ1n) is 13.9. The van der Waals surface area contributed by atoms with Gasteiger partial charge in [-0.15, -0.1) is 0 Å². The summed E-state index contributed by atoms with van der Waals surface area (Å²) in [4.78, 5) is 37.2. The number of halogens is 1. The number of piperazine rings is 1. The summed E-state index contributed by atoms with van der Waals surface area (Å²) in [5.41, 5.74) is 0.793. The van der Waals surface area contributed by atoms with Crippen molar-refractivity contribution in [2.45, 2.75) is 64.0 Å². The number of carbonyl (C=O) groups is 2. The van der Waals surface area contributed by atoms with Gasteiger partial charge in [0.25, 0.3) is 0 Å². The molecular weight excluding hydrogens is 457 g/mol. The van der Waals surface area contributed by atoms with Crippen molar-refractivity contribution in [3.05, 3.63) is 30.1 Å².